The van der Waals surface area contributed by atoms with E-state index in [-0.39, 0.29) is 17.5 Å². The van der Waals surface area contributed by atoms with E-state index in [0.29, 0.717) is 13.0 Å². The van der Waals surface area contributed by atoms with Gasteiger partial charge in [0, 0.05) is 6.54 Å². The van der Waals surface area contributed by atoms with E-state index in [1.807, 2.05) is 0 Å². The van der Waals surface area contributed by atoms with Crippen molar-refractivity contribution < 1.29 is 14.7 Å². The van der Waals surface area contributed by atoms with Gasteiger partial charge in [-0.25, -0.2) is 4.79 Å². The second-order valence-electron chi connectivity index (χ2n) is 5.88. The fourth-order valence-electron chi connectivity index (χ4n) is 1.76. The Balaban J connectivity index is 2.22. The van der Waals surface area contributed by atoms with Crippen LogP contribution in [0.25, 0.3) is 0 Å². The molecule has 0 fully saturated rings. The predicted molar refractivity (Wildman–Crippen MR) is 69.3 cm³/mol. The van der Waals surface area contributed by atoms with Crippen molar-refractivity contribution in [1.82, 2.24) is 10.6 Å². The lowest BCUT2D eigenvalue weighted by molar-refractivity contribution is -0.140. The van der Waals surface area contributed by atoms with Crippen LogP contribution in [0.3, 0.4) is 0 Å². The maximum atomic E-state index is 11.6. The summed E-state index contributed by atoms with van der Waals surface area (Å²) in [5, 5.41) is 14.3. The molecular formula is C13H22N2O3. The number of carbonyl (C=O) groups excluding carboxylic acids is 1. The lowest BCUT2D eigenvalue weighted by Crippen LogP contribution is -2.42. The number of amides is 2. The molecule has 1 aliphatic rings. The molecule has 0 aromatic rings. The third kappa shape index (κ3) is 5.21. The molecule has 5 heteroatoms. The smallest absolute Gasteiger partial charge is 0.315 e. The molecular weight excluding hydrogens is 232 g/mol. The van der Waals surface area contributed by atoms with Crippen molar-refractivity contribution in [2.24, 2.45) is 11.3 Å². The van der Waals surface area contributed by atoms with E-state index in [1.54, 1.807) is 12.2 Å². The monoisotopic (exact) mass is 254 g/mol. The Hall–Kier alpha value is -1.52. The van der Waals surface area contributed by atoms with Gasteiger partial charge in [-0.3, -0.25) is 4.79 Å². The second-order valence-corrected chi connectivity index (χ2v) is 5.88. The first-order valence-corrected chi connectivity index (χ1v) is 6.23. The highest BCUT2D eigenvalue weighted by atomic mass is 16.4. The van der Waals surface area contributed by atoms with Crippen LogP contribution >= 0.6 is 0 Å². The van der Waals surface area contributed by atoms with Crippen molar-refractivity contribution in [1.29, 1.82) is 0 Å². The van der Waals surface area contributed by atoms with Crippen LogP contribution in [0.1, 0.15) is 33.6 Å². The van der Waals surface area contributed by atoms with Gasteiger partial charge in [0.1, 0.15) is 0 Å². The van der Waals surface area contributed by atoms with Gasteiger partial charge in [0.25, 0.3) is 0 Å². The van der Waals surface area contributed by atoms with Gasteiger partial charge >= 0.3 is 12.0 Å². The summed E-state index contributed by atoms with van der Waals surface area (Å²) in [6.45, 7) is 6.96. The van der Waals surface area contributed by atoms with Gasteiger partial charge in [0.15, 0.2) is 0 Å². The van der Waals surface area contributed by atoms with E-state index < -0.39 is 11.9 Å². The number of urea groups is 1. The first-order valence-electron chi connectivity index (χ1n) is 6.23. The lowest BCUT2D eigenvalue weighted by atomic mass is 9.92. The summed E-state index contributed by atoms with van der Waals surface area (Å²) in [6, 6.07) is -0.416. The van der Waals surface area contributed by atoms with Crippen LogP contribution in [0.2, 0.25) is 0 Å². The molecule has 2 amide bonds. The number of hydrogen-bond acceptors (Lipinski definition) is 2. The number of carboxylic acids is 1. The van der Waals surface area contributed by atoms with Gasteiger partial charge < -0.3 is 15.7 Å². The number of hydrogen-bond donors (Lipinski definition) is 3. The molecule has 5 nitrogen and oxygen atoms in total. The topological polar surface area (TPSA) is 78.4 Å². The molecule has 0 aromatic heterocycles. The summed E-state index contributed by atoms with van der Waals surface area (Å²) < 4.78 is 0. The molecule has 2 atom stereocenters. The third-order valence-electron chi connectivity index (χ3n) is 2.88. The van der Waals surface area contributed by atoms with Crippen molar-refractivity contribution in [3.63, 3.8) is 0 Å². The SMILES string of the molecule is CC(C)(C)CCNC(=O)NC1C=CC(C(=O)O)C1. The molecule has 0 saturated heterocycles. The minimum Gasteiger partial charge on any atom is -0.481 e. The van der Waals surface area contributed by atoms with Crippen molar-refractivity contribution in [3.8, 4) is 0 Å². The quantitative estimate of drug-likeness (QED) is 0.669. The van der Waals surface area contributed by atoms with Crippen LogP contribution < -0.4 is 10.6 Å². The largest absolute Gasteiger partial charge is 0.481 e. The molecule has 18 heavy (non-hydrogen) atoms. The van der Waals surface area contributed by atoms with Crippen molar-refractivity contribution in [3.05, 3.63) is 12.2 Å². The zero-order chi connectivity index (χ0) is 13.8. The molecule has 0 aliphatic heterocycles. The Morgan fingerprint density at radius 1 is 1.33 bits per heavy atom. The van der Waals surface area contributed by atoms with E-state index in [2.05, 4.69) is 31.4 Å². The van der Waals surface area contributed by atoms with E-state index >= 15 is 0 Å². The van der Waals surface area contributed by atoms with Gasteiger partial charge in [0.2, 0.25) is 0 Å². The summed E-state index contributed by atoms with van der Waals surface area (Å²) in [6.07, 6.45) is 4.70. The summed E-state index contributed by atoms with van der Waals surface area (Å²) >= 11 is 0. The molecule has 0 heterocycles. The molecule has 0 spiro atoms. The molecule has 0 bridgehead atoms. The second kappa shape index (κ2) is 5.89. The molecule has 0 aromatic carbocycles. The zero-order valence-corrected chi connectivity index (χ0v) is 11.2. The van der Waals surface area contributed by atoms with E-state index in [1.165, 1.54) is 0 Å². The first-order chi connectivity index (χ1) is 8.28. The highest BCUT2D eigenvalue weighted by Crippen LogP contribution is 2.18. The number of aliphatic carboxylic acids is 1. The van der Waals surface area contributed by atoms with Gasteiger partial charge in [-0.1, -0.05) is 32.9 Å². The first kappa shape index (κ1) is 14.5. The fourth-order valence-corrected chi connectivity index (χ4v) is 1.76. The summed E-state index contributed by atoms with van der Waals surface area (Å²) in [5.41, 5.74) is 0.189. The van der Waals surface area contributed by atoms with Crippen LogP contribution in [0, 0.1) is 11.3 Å². The number of rotatable bonds is 4. The molecule has 0 radical (unpaired) electrons. The number of carboxylic acid groups (broad SMARTS) is 1. The maximum absolute atomic E-state index is 11.6. The van der Waals surface area contributed by atoms with Crippen LogP contribution in [0.15, 0.2) is 12.2 Å². The summed E-state index contributed by atoms with van der Waals surface area (Å²) in [4.78, 5) is 22.3. The van der Waals surface area contributed by atoms with Crippen LogP contribution in [-0.2, 0) is 4.79 Å². The number of nitrogens with one attached hydrogen (secondary N) is 2. The average Bonchev–Trinajstić information content (AvgIpc) is 2.64. The minimum absolute atomic E-state index is 0.180. The Morgan fingerprint density at radius 2 is 2.00 bits per heavy atom. The van der Waals surface area contributed by atoms with Gasteiger partial charge in [-0.15, -0.1) is 0 Å². The highest BCUT2D eigenvalue weighted by Gasteiger charge is 2.25. The van der Waals surface area contributed by atoms with Crippen LogP contribution in [0.5, 0.6) is 0 Å². The summed E-state index contributed by atoms with van der Waals surface area (Å²) in [7, 11) is 0. The van der Waals surface area contributed by atoms with Gasteiger partial charge in [0.05, 0.1) is 12.0 Å². The Labute approximate surface area is 108 Å². The number of carbonyl (C=O) groups is 2. The fraction of sp³-hybridized carbons (Fsp3) is 0.692. The van der Waals surface area contributed by atoms with Crippen molar-refractivity contribution in [2.75, 3.05) is 6.54 Å². The van der Waals surface area contributed by atoms with Crippen molar-refractivity contribution >= 4 is 12.0 Å². The Bertz CT molecular complexity index is 345. The van der Waals surface area contributed by atoms with Crippen LogP contribution in [0.4, 0.5) is 4.79 Å². The maximum Gasteiger partial charge on any atom is 0.315 e. The lowest BCUT2D eigenvalue weighted by Gasteiger charge is -2.19. The normalized spacial score (nSPS) is 22.8. The zero-order valence-electron chi connectivity index (χ0n) is 11.2. The highest BCUT2D eigenvalue weighted by molar-refractivity contribution is 5.76. The van der Waals surface area contributed by atoms with Gasteiger partial charge in [-0.2, -0.15) is 0 Å². The van der Waals surface area contributed by atoms with E-state index in [9.17, 15) is 9.59 Å². The molecule has 1 rings (SSSR count). The Morgan fingerprint density at radius 3 is 2.50 bits per heavy atom. The Kier molecular flexibility index (Phi) is 4.76. The molecule has 2 unspecified atom stereocenters. The molecule has 3 N–H and O–H groups in total. The van der Waals surface area contributed by atoms with E-state index in [0.717, 1.165) is 6.42 Å². The minimum atomic E-state index is -0.844. The standard InChI is InChI=1S/C13H22N2O3/c1-13(2,3)6-7-14-12(18)15-10-5-4-9(8-10)11(16)17/h4-5,9-10H,6-8H2,1-3H3,(H,16,17)(H2,14,15,18). The molecule has 0 saturated carbocycles. The van der Waals surface area contributed by atoms with Crippen LogP contribution in [-0.4, -0.2) is 29.7 Å². The molecule has 1 aliphatic carbocycles. The summed E-state index contributed by atoms with van der Waals surface area (Å²) in [5.74, 6) is -1.33. The van der Waals surface area contributed by atoms with E-state index in [4.69, 9.17) is 5.11 Å². The van der Waals surface area contributed by atoms with Gasteiger partial charge in [-0.05, 0) is 18.3 Å². The predicted octanol–water partition coefficient (Wildman–Crippen LogP) is 1.75. The van der Waals surface area contributed by atoms with Crippen molar-refractivity contribution in [2.45, 2.75) is 39.7 Å². The third-order valence-corrected chi connectivity index (χ3v) is 2.88. The average molecular weight is 254 g/mol. The molecule has 102 valence electrons.